The molecule has 3 heteroatoms. The molecule has 0 radical (unpaired) electrons. The Bertz CT molecular complexity index is 341. The maximum absolute atomic E-state index is 6.16. The molecule has 0 saturated heterocycles. The van der Waals surface area contributed by atoms with Gasteiger partial charge < -0.3 is 10.1 Å². The van der Waals surface area contributed by atoms with Crippen LogP contribution >= 0.6 is 11.6 Å². The summed E-state index contributed by atoms with van der Waals surface area (Å²) in [6, 6.07) is 5.91. The SMILES string of the molecule is CCCC(CNCC)Oc1ccc(C)cc1Cl. The van der Waals surface area contributed by atoms with E-state index in [1.165, 1.54) is 0 Å². The molecule has 17 heavy (non-hydrogen) atoms. The van der Waals surface area contributed by atoms with E-state index >= 15 is 0 Å². The van der Waals surface area contributed by atoms with Crippen molar-refractivity contribution in [2.24, 2.45) is 0 Å². The third-order valence-corrected chi connectivity index (χ3v) is 2.91. The molecule has 1 atom stereocenters. The fourth-order valence-corrected chi connectivity index (χ4v) is 1.99. The molecule has 1 aromatic carbocycles. The van der Waals surface area contributed by atoms with Crippen LogP contribution in [0.2, 0.25) is 5.02 Å². The Morgan fingerprint density at radius 1 is 1.35 bits per heavy atom. The number of benzene rings is 1. The van der Waals surface area contributed by atoms with Gasteiger partial charge in [0, 0.05) is 6.54 Å². The van der Waals surface area contributed by atoms with Gasteiger partial charge in [0.15, 0.2) is 0 Å². The van der Waals surface area contributed by atoms with Crippen LogP contribution in [0.3, 0.4) is 0 Å². The molecule has 0 heterocycles. The van der Waals surface area contributed by atoms with Crippen molar-refractivity contribution in [1.82, 2.24) is 5.32 Å². The molecule has 1 aromatic rings. The van der Waals surface area contributed by atoms with E-state index < -0.39 is 0 Å². The van der Waals surface area contributed by atoms with Crippen LogP contribution in [0.25, 0.3) is 0 Å². The van der Waals surface area contributed by atoms with Gasteiger partial charge in [-0.15, -0.1) is 0 Å². The third kappa shape index (κ3) is 4.97. The Kier molecular flexibility index (Phi) is 6.38. The molecule has 1 unspecified atom stereocenters. The summed E-state index contributed by atoms with van der Waals surface area (Å²) in [4.78, 5) is 0. The van der Waals surface area contributed by atoms with Crippen LogP contribution in [-0.2, 0) is 0 Å². The van der Waals surface area contributed by atoms with E-state index in [9.17, 15) is 0 Å². The zero-order valence-electron chi connectivity index (χ0n) is 10.9. The van der Waals surface area contributed by atoms with E-state index in [0.717, 1.165) is 37.2 Å². The molecule has 0 aliphatic heterocycles. The van der Waals surface area contributed by atoms with Crippen molar-refractivity contribution in [2.75, 3.05) is 13.1 Å². The third-order valence-electron chi connectivity index (χ3n) is 2.61. The van der Waals surface area contributed by atoms with Gasteiger partial charge in [-0.2, -0.15) is 0 Å². The van der Waals surface area contributed by atoms with Gasteiger partial charge in [0.05, 0.1) is 5.02 Å². The summed E-state index contributed by atoms with van der Waals surface area (Å²) in [7, 11) is 0. The molecule has 1 rings (SSSR count). The number of likely N-dealkylation sites (N-methyl/N-ethyl adjacent to an activating group) is 1. The molecule has 0 aromatic heterocycles. The first-order valence-electron chi connectivity index (χ1n) is 6.30. The zero-order valence-corrected chi connectivity index (χ0v) is 11.7. The number of aryl methyl sites for hydroxylation is 1. The fourth-order valence-electron chi connectivity index (χ4n) is 1.71. The van der Waals surface area contributed by atoms with Gasteiger partial charge >= 0.3 is 0 Å². The second kappa shape index (κ2) is 7.57. The van der Waals surface area contributed by atoms with Crippen LogP contribution < -0.4 is 10.1 Å². The van der Waals surface area contributed by atoms with Gasteiger partial charge in [0.2, 0.25) is 0 Å². The van der Waals surface area contributed by atoms with E-state index in [0.29, 0.717) is 5.02 Å². The molecule has 2 nitrogen and oxygen atoms in total. The highest BCUT2D eigenvalue weighted by Crippen LogP contribution is 2.26. The summed E-state index contributed by atoms with van der Waals surface area (Å²) in [5.41, 5.74) is 1.15. The van der Waals surface area contributed by atoms with Gasteiger partial charge in [-0.05, 0) is 37.6 Å². The predicted molar refractivity (Wildman–Crippen MR) is 74.1 cm³/mol. The lowest BCUT2D eigenvalue weighted by Gasteiger charge is -2.19. The molecule has 1 N–H and O–H groups in total. The lowest BCUT2D eigenvalue weighted by Crippen LogP contribution is -2.31. The maximum Gasteiger partial charge on any atom is 0.138 e. The number of rotatable bonds is 7. The molecule has 0 fully saturated rings. The predicted octanol–water partition coefficient (Wildman–Crippen LogP) is 3.81. The lowest BCUT2D eigenvalue weighted by atomic mass is 10.2. The first-order valence-corrected chi connectivity index (χ1v) is 6.68. The minimum atomic E-state index is 0.195. The molecule has 0 bridgehead atoms. The Balaban J connectivity index is 2.64. The molecule has 96 valence electrons. The summed E-state index contributed by atoms with van der Waals surface area (Å²) in [6.07, 6.45) is 2.34. The van der Waals surface area contributed by atoms with Crippen molar-refractivity contribution < 1.29 is 4.74 Å². The second-order valence-corrected chi connectivity index (χ2v) is 4.68. The Labute approximate surface area is 109 Å². The normalized spacial score (nSPS) is 12.5. The number of halogens is 1. The van der Waals surface area contributed by atoms with Crippen molar-refractivity contribution in [3.05, 3.63) is 28.8 Å². The number of hydrogen-bond donors (Lipinski definition) is 1. The van der Waals surface area contributed by atoms with Gasteiger partial charge in [-0.3, -0.25) is 0 Å². The molecular weight excluding hydrogens is 234 g/mol. The largest absolute Gasteiger partial charge is 0.488 e. The minimum Gasteiger partial charge on any atom is -0.488 e. The quantitative estimate of drug-likeness (QED) is 0.800. The highest BCUT2D eigenvalue weighted by atomic mass is 35.5. The minimum absolute atomic E-state index is 0.195. The van der Waals surface area contributed by atoms with Crippen LogP contribution in [0.4, 0.5) is 0 Å². The summed E-state index contributed by atoms with van der Waals surface area (Å²) in [5.74, 6) is 0.786. The Morgan fingerprint density at radius 2 is 2.12 bits per heavy atom. The monoisotopic (exact) mass is 255 g/mol. The number of ether oxygens (including phenoxy) is 1. The molecular formula is C14H22ClNO. The fraction of sp³-hybridized carbons (Fsp3) is 0.571. The summed E-state index contributed by atoms with van der Waals surface area (Å²) in [6.45, 7) is 8.12. The van der Waals surface area contributed by atoms with Crippen molar-refractivity contribution >= 4 is 11.6 Å². The highest BCUT2D eigenvalue weighted by Gasteiger charge is 2.11. The van der Waals surface area contributed by atoms with Crippen molar-refractivity contribution in [3.8, 4) is 5.75 Å². The number of hydrogen-bond acceptors (Lipinski definition) is 2. The first kappa shape index (κ1) is 14.3. The summed E-state index contributed by atoms with van der Waals surface area (Å²) in [5, 5.41) is 4.01. The molecule has 0 spiro atoms. The summed E-state index contributed by atoms with van der Waals surface area (Å²) < 4.78 is 5.95. The topological polar surface area (TPSA) is 21.3 Å². The van der Waals surface area contributed by atoms with E-state index in [4.69, 9.17) is 16.3 Å². The Morgan fingerprint density at radius 3 is 2.71 bits per heavy atom. The van der Waals surface area contributed by atoms with E-state index in [1.54, 1.807) is 0 Å². The number of nitrogens with one attached hydrogen (secondary N) is 1. The summed E-state index contributed by atoms with van der Waals surface area (Å²) >= 11 is 6.16. The van der Waals surface area contributed by atoms with Gasteiger partial charge in [0.1, 0.15) is 11.9 Å². The van der Waals surface area contributed by atoms with Crippen molar-refractivity contribution in [3.63, 3.8) is 0 Å². The van der Waals surface area contributed by atoms with Crippen LogP contribution in [0.5, 0.6) is 5.75 Å². The second-order valence-electron chi connectivity index (χ2n) is 4.27. The average molecular weight is 256 g/mol. The molecule has 0 amide bonds. The molecule has 0 aliphatic rings. The Hall–Kier alpha value is -0.730. The van der Waals surface area contributed by atoms with E-state index in [-0.39, 0.29) is 6.10 Å². The first-order chi connectivity index (χ1) is 8.17. The van der Waals surface area contributed by atoms with Gasteiger partial charge in [-0.1, -0.05) is 37.9 Å². The van der Waals surface area contributed by atoms with Crippen LogP contribution in [-0.4, -0.2) is 19.2 Å². The lowest BCUT2D eigenvalue weighted by molar-refractivity contribution is 0.187. The van der Waals surface area contributed by atoms with Crippen LogP contribution in [0, 0.1) is 6.92 Å². The highest BCUT2D eigenvalue weighted by molar-refractivity contribution is 6.32. The van der Waals surface area contributed by atoms with E-state index in [1.807, 2.05) is 25.1 Å². The van der Waals surface area contributed by atoms with Crippen LogP contribution in [0.1, 0.15) is 32.3 Å². The smallest absolute Gasteiger partial charge is 0.138 e. The average Bonchev–Trinajstić information content (AvgIpc) is 2.29. The van der Waals surface area contributed by atoms with Crippen molar-refractivity contribution in [1.29, 1.82) is 0 Å². The zero-order chi connectivity index (χ0) is 12.7. The van der Waals surface area contributed by atoms with Crippen LogP contribution in [0.15, 0.2) is 18.2 Å². The maximum atomic E-state index is 6.16. The molecule has 0 aliphatic carbocycles. The van der Waals surface area contributed by atoms with Gasteiger partial charge in [-0.25, -0.2) is 0 Å². The molecule has 0 saturated carbocycles. The van der Waals surface area contributed by atoms with Gasteiger partial charge in [0.25, 0.3) is 0 Å². The van der Waals surface area contributed by atoms with E-state index in [2.05, 4.69) is 19.2 Å². The standard InChI is InChI=1S/C14H22ClNO/c1-4-6-12(10-16-5-2)17-14-8-7-11(3)9-13(14)15/h7-9,12,16H,4-6,10H2,1-3H3. The van der Waals surface area contributed by atoms with Crippen molar-refractivity contribution in [2.45, 2.75) is 39.7 Å².